The highest BCUT2D eigenvalue weighted by atomic mass is 16.5. The Bertz CT molecular complexity index is 1200. The molecule has 4 aromatic rings. The van der Waals surface area contributed by atoms with Gasteiger partial charge in [0.25, 0.3) is 5.91 Å². The first-order chi connectivity index (χ1) is 15.2. The van der Waals surface area contributed by atoms with Crippen LogP contribution in [0.25, 0.3) is 11.0 Å². The minimum absolute atomic E-state index is 0.348. The van der Waals surface area contributed by atoms with Crippen molar-refractivity contribution in [2.75, 3.05) is 14.2 Å². The summed E-state index contributed by atoms with van der Waals surface area (Å²) in [6.07, 6.45) is 0.435. The molecule has 1 heterocycles. The molecule has 31 heavy (non-hydrogen) atoms. The van der Waals surface area contributed by atoms with Crippen molar-refractivity contribution < 1.29 is 14.3 Å². The molecule has 0 saturated heterocycles. The number of hydrogen-bond acceptors (Lipinski definition) is 5. The van der Waals surface area contributed by atoms with Crippen molar-refractivity contribution in [1.82, 2.24) is 15.4 Å². The zero-order chi connectivity index (χ0) is 21.6. The number of nitrogens with one attached hydrogen (secondary N) is 2. The van der Waals surface area contributed by atoms with Crippen LogP contribution in [0.4, 0.5) is 0 Å². The summed E-state index contributed by atoms with van der Waals surface area (Å²) in [5.74, 6) is 1.45. The predicted octanol–water partition coefficient (Wildman–Crippen LogP) is 3.96. The Morgan fingerprint density at radius 2 is 1.68 bits per heavy atom. The minimum Gasteiger partial charge on any atom is -0.493 e. The Labute approximate surface area is 179 Å². The van der Waals surface area contributed by atoms with E-state index in [-0.39, 0.29) is 5.91 Å². The van der Waals surface area contributed by atoms with Crippen molar-refractivity contribution in [3.8, 4) is 11.5 Å². The smallest absolute Gasteiger partial charge is 0.271 e. The predicted molar refractivity (Wildman–Crippen MR) is 120 cm³/mol. The van der Waals surface area contributed by atoms with Crippen LogP contribution in [0.5, 0.6) is 11.5 Å². The number of para-hydroxylation sites is 2. The summed E-state index contributed by atoms with van der Waals surface area (Å²) in [5.41, 5.74) is 6.50. The molecule has 4 rings (SSSR count). The summed E-state index contributed by atoms with van der Waals surface area (Å²) in [6, 6.07) is 22.5. The number of aromatic amines is 1. The van der Waals surface area contributed by atoms with Gasteiger partial charge in [-0.2, -0.15) is 5.10 Å². The third-order valence-electron chi connectivity index (χ3n) is 4.82. The molecule has 1 amide bonds. The molecule has 0 atom stereocenters. The third kappa shape index (κ3) is 4.56. The Balaban J connectivity index is 1.60. The molecule has 0 bridgehead atoms. The summed E-state index contributed by atoms with van der Waals surface area (Å²) in [4.78, 5) is 20.6. The van der Waals surface area contributed by atoms with Crippen LogP contribution in [0, 0.1) is 0 Å². The summed E-state index contributed by atoms with van der Waals surface area (Å²) in [7, 11) is 3.07. The average molecular weight is 414 g/mol. The lowest BCUT2D eigenvalue weighted by atomic mass is 10.1. The van der Waals surface area contributed by atoms with E-state index in [2.05, 4.69) is 20.5 Å². The highest BCUT2D eigenvalue weighted by Crippen LogP contribution is 2.27. The highest BCUT2D eigenvalue weighted by molar-refractivity contribution is 6.03. The average Bonchev–Trinajstić information content (AvgIpc) is 3.24. The number of hydrazone groups is 1. The van der Waals surface area contributed by atoms with Crippen LogP contribution in [0.2, 0.25) is 0 Å². The van der Waals surface area contributed by atoms with Gasteiger partial charge in [0.15, 0.2) is 11.5 Å². The zero-order valence-corrected chi connectivity index (χ0v) is 17.3. The second-order valence-corrected chi connectivity index (χ2v) is 6.81. The summed E-state index contributed by atoms with van der Waals surface area (Å²) < 4.78 is 10.5. The maximum atomic E-state index is 12.7. The Kier molecular flexibility index (Phi) is 5.93. The first-order valence-corrected chi connectivity index (χ1v) is 9.76. The molecular weight excluding hydrogens is 392 g/mol. The molecule has 7 heteroatoms. The number of hydrogen-bond donors (Lipinski definition) is 2. The van der Waals surface area contributed by atoms with Crippen LogP contribution >= 0.6 is 0 Å². The van der Waals surface area contributed by atoms with Gasteiger partial charge < -0.3 is 14.5 Å². The first-order valence-electron chi connectivity index (χ1n) is 9.76. The molecule has 0 aliphatic carbocycles. The van der Waals surface area contributed by atoms with Gasteiger partial charge in [0.05, 0.1) is 37.4 Å². The molecule has 0 fully saturated rings. The third-order valence-corrected chi connectivity index (χ3v) is 4.82. The van der Waals surface area contributed by atoms with E-state index in [4.69, 9.17) is 9.47 Å². The Morgan fingerprint density at radius 1 is 0.935 bits per heavy atom. The summed E-state index contributed by atoms with van der Waals surface area (Å²) in [5, 5.41) is 4.42. The number of carbonyl (C=O) groups is 1. The Morgan fingerprint density at radius 3 is 2.42 bits per heavy atom. The lowest BCUT2D eigenvalue weighted by Gasteiger charge is -2.09. The maximum Gasteiger partial charge on any atom is 0.271 e. The number of imidazole rings is 1. The molecule has 0 aliphatic rings. The fraction of sp³-hybridized carbons (Fsp3) is 0.125. The topological polar surface area (TPSA) is 88.6 Å². The van der Waals surface area contributed by atoms with Crippen LogP contribution in [-0.4, -0.2) is 35.8 Å². The molecular formula is C24H22N4O3. The van der Waals surface area contributed by atoms with E-state index in [0.717, 1.165) is 22.4 Å². The maximum absolute atomic E-state index is 12.7. The van der Waals surface area contributed by atoms with Gasteiger partial charge in [-0.25, -0.2) is 10.4 Å². The fourth-order valence-electron chi connectivity index (χ4n) is 3.24. The van der Waals surface area contributed by atoms with Crippen molar-refractivity contribution in [1.29, 1.82) is 0 Å². The normalized spacial score (nSPS) is 11.4. The van der Waals surface area contributed by atoms with Gasteiger partial charge in [-0.15, -0.1) is 0 Å². The number of methoxy groups -OCH3 is 2. The van der Waals surface area contributed by atoms with Crippen LogP contribution in [0.15, 0.2) is 77.9 Å². The minimum atomic E-state index is -0.348. The van der Waals surface area contributed by atoms with Crippen LogP contribution in [-0.2, 0) is 6.42 Å². The van der Waals surface area contributed by atoms with E-state index < -0.39 is 0 Å². The number of aromatic nitrogens is 2. The molecule has 0 unspecified atom stereocenters. The van der Waals surface area contributed by atoms with E-state index in [1.807, 2.05) is 54.6 Å². The number of ether oxygens (including phenoxy) is 2. The van der Waals surface area contributed by atoms with E-state index in [0.29, 0.717) is 29.2 Å². The highest BCUT2D eigenvalue weighted by Gasteiger charge is 2.13. The van der Waals surface area contributed by atoms with Crippen LogP contribution < -0.4 is 14.9 Å². The standard InChI is InChI=1S/C24H22N4O3/c1-30-21-13-12-17(14-22(21)31-2)24(29)28-27-20(16-8-4-3-5-9-16)15-23-25-18-10-6-7-11-19(18)26-23/h3-14H,15H2,1-2H3,(H,25,26)(H,28,29). The second-order valence-electron chi connectivity index (χ2n) is 6.81. The van der Waals surface area contributed by atoms with Gasteiger partial charge in [0.1, 0.15) is 5.82 Å². The summed E-state index contributed by atoms with van der Waals surface area (Å²) in [6.45, 7) is 0. The van der Waals surface area contributed by atoms with Gasteiger partial charge >= 0.3 is 0 Å². The fourth-order valence-corrected chi connectivity index (χ4v) is 3.24. The molecule has 156 valence electrons. The summed E-state index contributed by atoms with van der Waals surface area (Å²) >= 11 is 0. The molecule has 7 nitrogen and oxygen atoms in total. The van der Waals surface area contributed by atoms with Crippen LogP contribution in [0.3, 0.4) is 0 Å². The Hall–Kier alpha value is -4.13. The SMILES string of the molecule is COc1ccc(C(=O)NN=C(Cc2nc3ccccc3[nH]2)c2ccccc2)cc1OC. The quantitative estimate of drug-likeness (QED) is 0.354. The van der Waals surface area contributed by atoms with Gasteiger partial charge in [0, 0.05) is 5.56 Å². The van der Waals surface area contributed by atoms with E-state index in [1.54, 1.807) is 25.3 Å². The molecule has 1 aromatic heterocycles. The number of benzene rings is 3. The molecule has 0 aliphatic heterocycles. The number of fused-ring (bicyclic) bond motifs is 1. The lowest BCUT2D eigenvalue weighted by Crippen LogP contribution is -2.21. The van der Waals surface area contributed by atoms with Crippen molar-refractivity contribution in [2.24, 2.45) is 5.10 Å². The van der Waals surface area contributed by atoms with E-state index in [9.17, 15) is 4.79 Å². The monoisotopic (exact) mass is 414 g/mol. The van der Waals surface area contributed by atoms with E-state index >= 15 is 0 Å². The second kappa shape index (κ2) is 9.13. The van der Waals surface area contributed by atoms with Gasteiger partial charge in [-0.3, -0.25) is 4.79 Å². The molecule has 0 spiro atoms. The number of nitrogens with zero attached hydrogens (tertiary/aromatic N) is 2. The van der Waals surface area contributed by atoms with Crippen molar-refractivity contribution in [3.63, 3.8) is 0 Å². The van der Waals surface area contributed by atoms with Gasteiger partial charge in [0.2, 0.25) is 0 Å². The van der Waals surface area contributed by atoms with Crippen molar-refractivity contribution in [2.45, 2.75) is 6.42 Å². The number of amides is 1. The molecule has 0 radical (unpaired) electrons. The number of H-pyrrole nitrogens is 1. The number of rotatable bonds is 7. The van der Waals surface area contributed by atoms with E-state index in [1.165, 1.54) is 7.11 Å². The van der Waals surface area contributed by atoms with Gasteiger partial charge in [-0.1, -0.05) is 42.5 Å². The van der Waals surface area contributed by atoms with Crippen LogP contribution in [0.1, 0.15) is 21.7 Å². The first kappa shape index (κ1) is 20.2. The molecule has 2 N–H and O–H groups in total. The van der Waals surface area contributed by atoms with Crippen molar-refractivity contribution in [3.05, 3.63) is 89.7 Å². The van der Waals surface area contributed by atoms with Crippen molar-refractivity contribution >= 4 is 22.7 Å². The zero-order valence-electron chi connectivity index (χ0n) is 17.3. The molecule has 0 saturated carbocycles. The lowest BCUT2D eigenvalue weighted by molar-refractivity contribution is 0.0954. The van der Waals surface area contributed by atoms with Gasteiger partial charge in [-0.05, 0) is 35.9 Å². The molecule has 3 aromatic carbocycles. The number of carbonyl (C=O) groups excluding carboxylic acids is 1. The largest absolute Gasteiger partial charge is 0.493 e.